The van der Waals surface area contributed by atoms with Crippen molar-refractivity contribution in [3.8, 4) is 0 Å². The summed E-state index contributed by atoms with van der Waals surface area (Å²) in [5.74, 6) is 0.234. The molecule has 19 heavy (non-hydrogen) atoms. The predicted molar refractivity (Wildman–Crippen MR) is 72.9 cm³/mol. The Labute approximate surface area is 118 Å². The largest absolute Gasteiger partial charge is 0.465 e. The summed E-state index contributed by atoms with van der Waals surface area (Å²) >= 11 is 6.18. The molecule has 0 aromatic carbocycles. The molecule has 1 aromatic heterocycles. The quantitative estimate of drug-likeness (QED) is 0.810. The highest BCUT2D eigenvalue weighted by molar-refractivity contribution is 6.30. The van der Waals surface area contributed by atoms with E-state index >= 15 is 0 Å². The topological polar surface area (TPSA) is 56.1 Å². The first-order chi connectivity index (χ1) is 9.04. The predicted octanol–water partition coefficient (Wildman–Crippen LogP) is 1.81. The molecule has 6 heteroatoms. The number of nitrogens with zero attached hydrogens (tertiary/aromatic N) is 2. The zero-order valence-corrected chi connectivity index (χ0v) is 12.3. The number of hydrogen-bond acceptors (Lipinski definition) is 4. The molecule has 0 bridgehead atoms. The Hall–Kier alpha value is -1.07. The van der Waals surface area contributed by atoms with Gasteiger partial charge in [0.15, 0.2) is 0 Å². The number of rotatable bonds is 6. The van der Waals surface area contributed by atoms with Gasteiger partial charge < -0.3 is 4.74 Å². The molecule has 0 saturated heterocycles. The lowest BCUT2D eigenvalue weighted by atomic mass is 10.1. The molecule has 1 unspecified atom stereocenters. The lowest BCUT2D eigenvalue weighted by Crippen LogP contribution is -2.39. The molecule has 0 amide bonds. The molecule has 1 heterocycles. The first kappa shape index (κ1) is 14.3. The average molecular weight is 286 g/mol. The molecule has 0 spiro atoms. The maximum atomic E-state index is 11.9. The van der Waals surface area contributed by atoms with Crippen LogP contribution >= 0.6 is 11.6 Å². The van der Waals surface area contributed by atoms with Gasteiger partial charge in [0.1, 0.15) is 11.2 Å². The van der Waals surface area contributed by atoms with Gasteiger partial charge in [-0.15, -0.1) is 0 Å². The number of carbonyl (C=O) groups is 1. The van der Waals surface area contributed by atoms with Gasteiger partial charge in [0.05, 0.1) is 12.3 Å². The SMILES string of the molecule is CCOC(=O)C(NCc1c(C)nn(C)c1Cl)C1CC1. The fraction of sp³-hybridized carbons (Fsp3) is 0.692. The van der Waals surface area contributed by atoms with E-state index in [2.05, 4.69) is 10.4 Å². The van der Waals surface area contributed by atoms with Gasteiger partial charge in [0.2, 0.25) is 0 Å². The molecule has 0 aliphatic heterocycles. The van der Waals surface area contributed by atoms with Gasteiger partial charge in [0.25, 0.3) is 0 Å². The lowest BCUT2D eigenvalue weighted by Gasteiger charge is -2.16. The molecular formula is C13H20ClN3O2. The number of esters is 1. The Morgan fingerprint density at radius 2 is 2.32 bits per heavy atom. The van der Waals surface area contributed by atoms with Crippen LogP contribution in [0.5, 0.6) is 0 Å². The van der Waals surface area contributed by atoms with Gasteiger partial charge in [-0.25, -0.2) is 0 Å². The summed E-state index contributed by atoms with van der Waals surface area (Å²) < 4.78 is 6.75. The molecule has 106 valence electrons. The van der Waals surface area contributed by atoms with Crippen LogP contribution in [0.25, 0.3) is 0 Å². The molecule has 1 aliphatic rings. The summed E-state index contributed by atoms with van der Waals surface area (Å²) in [4.78, 5) is 11.9. The fourth-order valence-corrected chi connectivity index (χ4v) is 2.43. The third-order valence-corrected chi connectivity index (χ3v) is 3.88. The van der Waals surface area contributed by atoms with E-state index < -0.39 is 0 Å². The van der Waals surface area contributed by atoms with Crippen LogP contribution < -0.4 is 5.32 Å². The van der Waals surface area contributed by atoms with Crippen molar-refractivity contribution in [2.24, 2.45) is 13.0 Å². The summed E-state index contributed by atoms with van der Waals surface area (Å²) in [7, 11) is 1.81. The monoisotopic (exact) mass is 285 g/mol. The van der Waals surface area contributed by atoms with Crippen molar-refractivity contribution in [2.45, 2.75) is 39.3 Å². The molecule has 0 radical (unpaired) electrons. The minimum Gasteiger partial charge on any atom is -0.465 e. The second-order valence-electron chi connectivity index (χ2n) is 4.93. The number of carbonyl (C=O) groups excluding carboxylic acids is 1. The molecule has 1 N–H and O–H groups in total. The second kappa shape index (κ2) is 5.92. The summed E-state index contributed by atoms with van der Waals surface area (Å²) in [5, 5.41) is 8.14. The first-order valence-electron chi connectivity index (χ1n) is 6.62. The van der Waals surface area contributed by atoms with E-state index in [9.17, 15) is 4.79 Å². The highest BCUT2D eigenvalue weighted by Gasteiger charge is 2.37. The minimum absolute atomic E-state index is 0.164. The Balaban J connectivity index is 2.00. The van der Waals surface area contributed by atoms with E-state index in [0.717, 1.165) is 24.1 Å². The van der Waals surface area contributed by atoms with E-state index in [0.29, 0.717) is 24.2 Å². The van der Waals surface area contributed by atoms with Crippen molar-refractivity contribution in [3.63, 3.8) is 0 Å². The maximum absolute atomic E-state index is 11.9. The number of nitrogens with one attached hydrogen (secondary N) is 1. The standard InChI is InChI=1S/C13H20ClN3O2/c1-4-19-13(18)11(9-5-6-9)15-7-10-8(2)16-17(3)12(10)14/h9,11,15H,4-7H2,1-3H3. The summed E-state index contributed by atoms with van der Waals surface area (Å²) in [6.45, 7) is 4.69. The number of hydrogen-bond donors (Lipinski definition) is 1. The van der Waals surface area contributed by atoms with E-state index in [1.807, 2.05) is 20.9 Å². The highest BCUT2D eigenvalue weighted by Crippen LogP contribution is 2.33. The third-order valence-electron chi connectivity index (χ3n) is 3.40. The lowest BCUT2D eigenvalue weighted by molar-refractivity contribution is -0.146. The maximum Gasteiger partial charge on any atom is 0.323 e. The van der Waals surface area contributed by atoms with Crippen LogP contribution in [0.3, 0.4) is 0 Å². The van der Waals surface area contributed by atoms with Gasteiger partial charge in [0, 0.05) is 19.2 Å². The van der Waals surface area contributed by atoms with Crippen molar-refractivity contribution < 1.29 is 9.53 Å². The molecule has 1 aromatic rings. The Kier molecular flexibility index (Phi) is 4.47. The molecule has 1 fully saturated rings. The van der Waals surface area contributed by atoms with Crippen molar-refractivity contribution >= 4 is 17.6 Å². The van der Waals surface area contributed by atoms with Gasteiger partial charge in [-0.3, -0.25) is 14.8 Å². The van der Waals surface area contributed by atoms with Gasteiger partial charge in [-0.05, 0) is 32.6 Å². The summed E-state index contributed by atoms with van der Waals surface area (Å²) in [5.41, 5.74) is 1.83. The van der Waals surface area contributed by atoms with Crippen molar-refractivity contribution in [1.82, 2.24) is 15.1 Å². The Morgan fingerprint density at radius 3 is 2.79 bits per heavy atom. The van der Waals surface area contributed by atoms with Crippen LogP contribution in [0.15, 0.2) is 0 Å². The van der Waals surface area contributed by atoms with Crippen molar-refractivity contribution in [2.75, 3.05) is 6.61 Å². The Bertz CT molecular complexity index is 469. The van der Waals surface area contributed by atoms with Crippen LogP contribution in [-0.2, 0) is 23.1 Å². The number of aryl methyl sites for hydroxylation is 2. The molecule has 5 nitrogen and oxygen atoms in total. The number of aromatic nitrogens is 2. The molecule has 1 aliphatic carbocycles. The van der Waals surface area contributed by atoms with Crippen LogP contribution in [0.1, 0.15) is 31.0 Å². The van der Waals surface area contributed by atoms with Gasteiger partial charge in [-0.1, -0.05) is 11.6 Å². The molecule has 1 atom stereocenters. The van der Waals surface area contributed by atoms with Crippen LogP contribution in [0.4, 0.5) is 0 Å². The van der Waals surface area contributed by atoms with Crippen molar-refractivity contribution in [1.29, 1.82) is 0 Å². The van der Waals surface area contributed by atoms with Gasteiger partial charge >= 0.3 is 5.97 Å². The first-order valence-corrected chi connectivity index (χ1v) is 7.00. The van der Waals surface area contributed by atoms with Crippen LogP contribution in [0.2, 0.25) is 5.15 Å². The third kappa shape index (κ3) is 3.28. The molecule has 1 saturated carbocycles. The number of halogens is 1. The smallest absolute Gasteiger partial charge is 0.323 e. The van der Waals surface area contributed by atoms with Crippen LogP contribution in [0, 0.1) is 12.8 Å². The summed E-state index contributed by atoms with van der Waals surface area (Å²) in [6.07, 6.45) is 2.16. The average Bonchev–Trinajstić information content (AvgIpc) is 3.14. The zero-order valence-electron chi connectivity index (χ0n) is 11.6. The second-order valence-corrected chi connectivity index (χ2v) is 5.28. The van der Waals surface area contributed by atoms with E-state index in [-0.39, 0.29) is 12.0 Å². The van der Waals surface area contributed by atoms with Crippen LogP contribution in [-0.4, -0.2) is 28.4 Å². The minimum atomic E-state index is -0.226. The van der Waals surface area contributed by atoms with Crippen molar-refractivity contribution in [3.05, 3.63) is 16.4 Å². The number of ether oxygens (including phenoxy) is 1. The van der Waals surface area contributed by atoms with E-state index in [1.165, 1.54) is 0 Å². The normalized spacial score (nSPS) is 16.4. The zero-order chi connectivity index (χ0) is 14.0. The summed E-state index contributed by atoms with van der Waals surface area (Å²) in [6, 6.07) is -0.226. The Morgan fingerprint density at radius 1 is 1.63 bits per heavy atom. The van der Waals surface area contributed by atoms with Gasteiger partial charge in [-0.2, -0.15) is 5.10 Å². The molecular weight excluding hydrogens is 266 g/mol. The van der Waals surface area contributed by atoms with E-state index in [4.69, 9.17) is 16.3 Å². The van der Waals surface area contributed by atoms with E-state index in [1.54, 1.807) is 4.68 Å². The highest BCUT2D eigenvalue weighted by atomic mass is 35.5. The molecule has 2 rings (SSSR count). The fourth-order valence-electron chi connectivity index (χ4n) is 2.19.